The molecule has 4 nitrogen and oxygen atoms in total. The molecule has 1 aromatic heterocycles. The van der Waals surface area contributed by atoms with Gasteiger partial charge in [-0.1, -0.05) is 6.92 Å². The van der Waals surface area contributed by atoms with Crippen molar-refractivity contribution in [2.75, 3.05) is 6.61 Å². The smallest absolute Gasteiger partial charge is 0.347 e. The lowest BCUT2D eigenvalue weighted by Crippen LogP contribution is -2.28. The zero-order chi connectivity index (χ0) is 12.0. The Bertz CT molecular complexity index is 335. The third-order valence-electron chi connectivity index (χ3n) is 2.08. The van der Waals surface area contributed by atoms with Gasteiger partial charge in [-0.2, -0.15) is 0 Å². The van der Waals surface area contributed by atoms with E-state index < -0.39 is 6.10 Å². The van der Waals surface area contributed by atoms with Crippen molar-refractivity contribution in [2.24, 2.45) is 0 Å². The van der Waals surface area contributed by atoms with Crippen LogP contribution in [-0.2, 0) is 9.53 Å². The maximum Gasteiger partial charge on any atom is 0.347 e. The number of carbonyl (C=O) groups is 1. The molecule has 0 aliphatic heterocycles. The van der Waals surface area contributed by atoms with E-state index in [1.54, 1.807) is 19.2 Å². The molecule has 16 heavy (non-hydrogen) atoms. The summed E-state index contributed by atoms with van der Waals surface area (Å²) in [6.45, 7) is 5.92. The topological polar surface area (TPSA) is 48.4 Å². The van der Waals surface area contributed by atoms with Gasteiger partial charge in [0.25, 0.3) is 0 Å². The van der Waals surface area contributed by atoms with Gasteiger partial charge < -0.3 is 9.47 Å². The monoisotopic (exact) mass is 223 g/mol. The van der Waals surface area contributed by atoms with Gasteiger partial charge >= 0.3 is 5.97 Å². The molecule has 0 saturated carbocycles. The summed E-state index contributed by atoms with van der Waals surface area (Å²) in [6, 6.07) is 3.64. The molecule has 1 unspecified atom stereocenters. The summed E-state index contributed by atoms with van der Waals surface area (Å²) in [4.78, 5) is 15.6. The van der Waals surface area contributed by atoms with Crippen LogP contribution in [0.25, 0.3) is 0 Å². The average molecular weight is 223 g/mol. The van der Waals surface area contributed by atoms with Crippen molar-refractivity contribution in [3.8, 4) is 5.75 Å². The number of ether oxygens (including phenoxy) is 2. The highest BCUT2D eigenvalue weighted by Gasteiger charge is 2.19. The number of carbonyl (C=O) groups excluding carboxylic acids is 1. The van der Waals surface area contributed by atoms with Crippen molar-refractivity contribution in [3.63, 3.8) is 0 Å². The van der Waals surface area contributed by atoms with E-state index in [9.17, 15) is 4.79 Å². The lowest BCUT2D eigenvalue weighted by Gasteiger charge is -2.15. The minimum Gasteiger partial charge on any atom is -0.477 e. The second-order valence-electron chi connectivity index (χ2n) is 3.40. The Morgan fingerprint density at radius 3 is 2.69 bits per heavy atom. The molecule has 1 heterocycles. The Balaban J connectivity index is 2.62. The predicted octanol–water partition coefficient (Wildman–Crippen LogP) is 2.11. The van der Waals surface area contributed by atoms with Gasteiger partial charge in [0.15, 0.2) is 6.10 Å². The third-order valence-corrected chi connectivity index (χ3v) is 2.08. The quantitative estimate of drug-likeness (QED) is 0.717. The number of esters is 1. The molecule has 0 aliphatic rings. The van der Waals surface area contributed by atoms with Crippen LogP contribution in [0.15, 0.2) is 18.3 Å². The molecular formula is C12H17NO3. The van der Waals surface area contributed by atoms with E-state index in [2.05, 4.69) is 4.98 Å². The number of hydrogen-bond acceptors (Lipinski definition) is 4. The van der Waals surface area contributed by atoms with Gasteiger partial charge in [-0.25, -0.2) is 4.79 Å². The van der Waals surface area contributed by atoms with Crippen molar-refractivity contribution in [3.05, 3.63) is 24.0 Å². The fraction of sp³-hybridized carbons (Fsp3) is 0.500. The molecule has 0 N–H and O–H groups in total. The van der Waals surface area contributed by atoms with Crippen molar-refractivity contribution in [2.45, 2.75) is 33.3 Å². The van der Waals surface area contributed by atoms with Gasteiger partial charge in [0.05, 0.1) is 12.8 Å². The molecule has 0 saturated heterocycles. The molecule has 88 valence electrons. The molecule has 0 aromatic carbocycles. The number of hydrogen-bond donors (Lipinski definition) is 0. The first-order chi connectivity index (χ1) is 7.67. The fourth-order valence-corrected chi connectivity index (χ4v) is 1.22. The van der Waals surface area contributed by atoms with Crippen molar-refractivity contribution >= 4 is 5.97 Å². The molecule has 0 amide bonds. The summed E-state index contributed by atoms with van der Waals surface area (Å²) < 4.78 is 10.4. The standard InChI is InChI=1S/C12H17NO3/c1-4-11(12(14)15-5-2)16-10-7-6-9(3)13-8-10/h6-8,11H,4-5H2,1-3H3. The highest BCUT2D eigenvalue weighted by molar-refractivity contribution is 5.75. The third kappa shape index (κ3) is 3.53. The van der Waals surface area contributed by atoms with E-state index in [0.29, 0.717) is 18.8 Å². The number of rotatable bonds is 5. The second-order valence-corrected chi connectivity index (χ2v) is 3.40. The van der Waals surface area contributed by atoms with Crippen LogP contribution in [0, 0.1) is 6.92 Å². The minimum atomic E-state index is -0.551. The van der Waals surface area contributed by atoms with Gasteiger partial charge in [-0.3, -0.25) is 4.98 Å². The van der Waals surface area contributed by atoms with Crippen LogP contribution in [0.5, 0.6) is 5.75 Å². The zero-order valence-corrected chi connectivity index (χ0v) is 9.90. The van der Waals surface area contributed by atoms with Crippen LogP contribution in [0.1, 0.15) is 26.0 Å². The van der Waals surface area contributed by atoms with Crippen LogP contribution in [-0.4, -0.2) is 23.7 Å². The van der Waals surface area contributed by atoms with E-state index in [1.165, 1.54) is 0 Å². The number of nitrogens with zero attached hydrogens (tertiary/aromatic N) is 1. The summed E-state index contributed by atoms with van der Waals surface area (Å²) in [6.07, 6.45) is 1.63. The number of aryl methyl sites for hydroxylation is 1. The molecule has 4 heteroatoms. The zero-order valence-electron chi connectivity index (χ0n) is 9.90. The molecule has 1 atom stereocenters. The van der Waals surface area contributed by atoms with E-state index in [0.717, 1.165) is 5.69 Å². The Labute approximate surface area is 95.6 Å². The van der Waals surface area contributed by atoms with Gasteiger partial charge in [-0.15, -0.1) is 0 Å². The minimum absolute atomic E-state index is 0.328. The van der Waals surface area contributed by atoms with E-state index in [1.807, 2.05) is 19.9 Å². The van der Waals surface area contributed by atoms with Crippen LogP contribution >= 0.6 is 0 Å². The molecule has 1 rings (SSSR count). The Morgan fingerprint density at radius 1 is 1.44 bits per heavy atom. The Kier molecular flexibility index (Phi) is 4.76. The van der Waals surface area contributed by atoms with Gasteiger partial charge in [0.2, 0.25) is 0 Å². The van der Waals surface area contributed by atoms with E-state index in [-0.39, 0.29) is 5.97 Å². The lowest BCUT2D eigenvalue weighted by atomic mass is 10.3. The van der Waals surface area contributed by atoms with Crippen LogP contribution in [0.4, 0.5) is 0 Å². The molecule has 0 fully saturated rings. The normalized spacial score (nSPS) is 11.9. The number of pyridine rings is 1. The number of aromatic nitrogens is 1. The van der Waals surface area contributed by atoms with Gasteiger partial charge in [-0.05, 0) is 32.4 Å². The van der Waals surface area contributed by atoms with Crippen LogP contribution in [0.2, 0.25) is 0 Å². The van der Waals surface area contributed by atoms with Crippen LogP contribution in [0.3, 0.4) is 0 Å². The SMILES string of the molecule is CCOC(=O)C(CC)Oc1ccc(C)nc1. The molecule has 0 radical (unpaired) electrons. The summed E-state index contributed by atoms with van der Waals surface area (Å²) >= 11 is 0. The molecule has 0 spiro atoms. The Morgan fingerprint density at radius 2 is 2.19 bits per heavy atom. The lowest BCUT2D eigenvalue weighted by molar-refractivity contribution is -0.151. The molecule has 0 bridgehead atoms. The fourth-order valence-electron chi connectivity index (χ4n) is 1.22. The first-order valence-corrected chi connectivity index (χ1v) is 5.43. The van der Waals surface area contributed by atoms with Crippen LogP contribution < -0.4 is 4.74 Å². The predicted molar refractivity (Wildman–Crippen MR) is 60.3 cm³/mol. The van der Waals surface area contributed by atoms with Crippen molar-refractivity contribution in [1.29, 1.82) is 0 Å². The molecular weight excluding hydrogens is 206 g/mol. The second kappa shape index (κ2) is 6.10. The Hall–Kier alpha value is -1.58. The summed E-state index contributed by atoms with van der Waals surface area (Å²) in [5.41, 5.74) is 0.913. The van der Waals surface area contributed by atoms with Crippen molar-refractivity contribution < 1.29 is 14.3 Å². The summed E-state index contributed by atoms with van der Waals surface area (Å²) in [7, 11) is 0. The molecule has 1 aromatic rings. The highest BCUT2D eigenvalue weighted by Crippen LogP contribution is 2.13. The van der Waals surface area contributed by atoms with E-state index in [4.69, 9.17) is 9.47 Å². The maximum atomic E-state index is 11.5. The maximum absolute atomic E-state index is 11.5. The first-order valence-electron chi connectivity index (χ1n) is 5.43. The van der Waals surface area contributed by atoms with Gasteiger partial charge in [0.1, 0.15) is 5.75 Å². The molecule has 0 aliphatic carbocycles. The van der Waals surface area contributed by atoms with Crippen molar-refractivity contribution in [1.82, 2.24) is 4.98 Å². The summed E-state index contributed by atoms with van der Waals surface area (Å²) in [5.74, 6) is 0.260. The first kappa shape index (κ1) is 12.5. The average Bonchev–Trinajstić information content (AvgIpc) is 2.28. The summed E-state index contributed by atoms with van der Waals surface area (Å²) in [5, 5.41) is 0. The van der Waals surface area contributed by atoms with Gasteiger partial charge in [0, 0.05) is 5.69 Å². The van der Waals surface area contributed by atoms with E-state index >= 15 is 0 Å². The largest absolute Gasteiger partial charge is 0.477 e. The highest BCUT2D eigenvalue weighted by atomic mass is 16.6.